The molecular weight excluding hydrogens is 190 g/mol. The molecule has 86 valence electrons. The van der Waals surface area contributed by atoms with Gasteiger partial charge in [-0.2, -0.15) is 0 Å². The Labute approximate surface area is 91.3 Å². The first kappa shape index (κ1) is 10.7. The number of rotatable bonds is 5. The highest BCUT2D eigenvalue weighted by Gasteiger charge is 2.20. The van der Waals surface area contributed by atoms with Crippen molar-refractivity contribution in [1.29, 1.82) is 0 Å². The summed E-state index contributed by atoms with van der Waals surface area (Å²) in [5, 5.41) is 3.15. The summed E-state index contributed by atoms with van der Waals surface area (Å²) in [5.41, 5.74) is 5.74. The highest BCUT2D eigenvalue weighted by Crippen LogP contribution is 2.31. The lowest BCUT2D eigenvalue weighted by molar-refractivity contribution is 0.118. The maximum Gasteiger partial charge on any atom is 0.188 e. The highest BCUT2D eigenvalue weighted by molar-refractivity contribution is 5.77. The maximum absolute atomic E-state index is 5.74. The minimum Gasteiger partial charge on any atom is -0.376 e. The van der Waals surface area contributed by atoms with Gasteiger partial charge in [0.15, 0.2) is 5.96 Å². The van der Waals surface area contributed by atoms with E-state index in [9.17, 15) is 0 Å². The molecule has 1 saturated carbocycles. The minimum atomic E-state index is 0.300. The number of nitrogens with two attached hydrogens (primary N) is 1. The molecule has 2 rings (SSSR count). The Morgan fingerprint density at radius 1 is 1.40 bits per heavy atom. The van der Waals surface area contributed by atoms with Crippen molar-refractivity contribution in [3.05, 3.63) is 0 Å². The van der Waals surface area contributed by atoms with Crippen molar-refractivity contribution < 1.29 is 4.74 Å². The van der Waals surface area contributed by atoms with E-state index in [4.69, 9.17) is 10.5 Å². The fraction of sp³-hybridized carbons (Fsp3) is 0.909. The topological polar surface area (TPSA) is 59.6 Å². The fourth-order valence-electron chi connectivity index (χ4n) is 1.86. The molecule has 15 heavy (non-hydrogen) atoms. The van der Waals surface area contributed by atoms with Gasteiger partial charge in [0.2, 0.25) is 0 Å². The van der Waals surface area contributed by atoms with E-state index in [-0.39, 0.29) is 0 Å². The van der Waals surface area contributed by atoms with Crippen molar-refractivity contribution in [2.24, 2.45) is 16.6 Å². The Hall–Kier alpha value is -0.770. The Kier molecular flexibility index (Phi) is 3.83. The summed E-state index contributed by atoms with van der Waals surface area (Å²) >= 11 is 0. The molecule has 0 radical (unpaired) electrons. The monoisotopic (exact) mass is 211 g/mol. The number of aliphatic imine (C=N–C) groups is 1. The molecule has 1 aliphatic carbocycles. The normalized spacial score (nSPS) is 26.9. The summed E-state index contributed by atoms with van der Waals surface area (Å²) in [5.74, 6) is 1.52. The van der Waals surface area contributed by atoms with Gasteiger partial charge in [0.25, 0.3) is 0 Å². The van der Waals surface area contributed by atoms with Gasteiger partial charge < -0.3 is 15.8 Å². The number of nitrogens with zero attached hydrogens (tertiary/aromatic N) is 1. The Morgan fingerprint density at radius 3 is 2.93 bits per heavy atom. The summed E-state index contributed by atoms with van der Waals surface area (Å²) in [7, 11) is 0. The minimum absolute atomic E-state index is 0.300. The number of hydrogen-bond donors (Lipinski definition) is 2. The van der Waals surface area contributed by atoms with Crippen LogP contribution < -0.4 is 11.1 Å². The van der Waals surface area contributed by atoms with E-state index >= 15 is 0 Å². The van der Waals surface area contributed by atoms with Gasteiger partial charge in [-0.05, 0) is 25.2 Å². The van der Waals surface area contributed by atoms with Crippen molar-refractivity contribution in [1.82, 2.24) is 5.32 Å². The van der Waals surface area contributed by atoms with Gasteiger partial charge in [-0.1, -0.05) is 12.8 Å². The summed E-state index contributed by atoms with van der Waals surface area (Å²) in [6.07, 6.45) is 6.61. The molecule has 2 aliphatic rings. The summed E-state index contributed by atoms with van der Waals surface area (Å²) in [6, 6.07) is 0. The zero-order valence-electron chi connectivity index (χ0n) is 9.24. The van der Waals surface area contributed by atoms with Crippen LogP contribution in [0.1, 0.15) is 32.1 Å². The largest absolute Gasteiger partial charge is 0.376 e. The molecule has 3 N–H and O–H groups in total. The van der Waals surface area contributed by atoms with Gasteiger partial charge in [-0.25, -0.2) is 0 Å². The van der Waals surface area contributed by atoms with Gasteiger partial charge >= 0.3 is 0 Å². The molecule has 4 heteroatoms. The number of nitrogens with one attached hydrogen (secondary N) is 1. The summed E-state index contributed by atoms with van der Waals surface area (Å²) < 4.78 is 5.47. The lowest BCUT2D eigenvalue weighted by Gasteiger charge is -2.07. The SMILES string of the molecule is NC(=NCC1CCCO1)NCCC1CC1. The second-order valence-corrected chi connectivity index (χ2v) is 4.52. The standard InChI is InChI=1S/C11H21N3O/c12-11(13-6-5-9-3-4-9)14-8-10-2-1-7-15-10/h9-10H,1-8H2,(H3,12,13,14). The Morgan fingerprint density at radius 2 is 2.27 bits per heavy atom. The molecule has 0 aromatic rings. The number of guanidine groups is 1. The van der Waals surface area contributed by atoms with E-state index in [0.717, 1.165) is 31.9 Å². The van der Waals surface area contributed by atoms with Gasteiger partial charge in [-0.15, -0.1) is 0 Å². The molecule has 2 fully saturated rings. The van der Waals surface area contributed by atoms with Crippen LogP contribution in [0, 0.1) is 5.92 Å². The van der Waals surface area contributed by atoms with Crippen LogP contribution in [0.5, 0.6) is 0 Å². The van der Waals surface area contributed by atoms with E-state index in [1.165, 1.54) is 19.3 Å². The molecule has 1 atom stereocenters. The van der Waals surface area contributed by atoms with Gasteiger partial charge in [0, 0.05) is 13.2 Å². The second-order valence-electron chi connectivity index (χ2n) is 4.52. The quantitative estimate of drug-likeness (QED) is 0.524. The third-order valence-corrected chi connectivity index (χ3v) is 3.04. The van der Waals surface area contributed by atoms with Gasteiger partial charge in [0.1, 0.15) is 0 Å². The molecule has 0 aromatic heterocycles. The lowest BCUT2D eigenvalue weighted by Crippen LogP contribution is -2.33. The Bertz CT molecular complexity index is 220. The first-order valence-electron chi connectivity index (χ1n) is 6.00. The van der Waals surface area contributed by atoms with Crippen LogP contribution in [0.2, 0.25) is 0 Å². The average molecular weight is 211 g/mol. The third-order valence-electron chi connectivity index (χ3n) is 3.04. The highest BCUT2D eigenvalue weighted by atomic mass is 16.5. The number of ether oxygens (including phenoxy) is 1. The first-order valence-corrected chi connectivity index (χ1v) is 6.00. The molecule has 1 saturated heterocycles. The van der Waals surface area contributed by atoms with Crippen molar-refractivity contribution in [3.8, 4) is 0 Å². The molecule has 0 amide bonds. The molecule has 0 spiro atoms. The summed E-state index contributed by atoms with van der Waals surface area (Å²) in [6.45, 7) is 2.56. The molecule has 0 bridgehead atoms. The van der Waals surface area contributed by atoms with Crippen LogP contribution in [0.3, 0.4) is 0 Å². The van der Waals surface area contributed by atoms with E-state index in [1.54, 1.807) is 0 Å². The van der Waals surface area contributed by atoms with Crippen molar-refractivity contribution in [2.45, 2.75) is 38.2 Å². The number of hydrogen-bond acceptors (Lipinski definition) is 2. The second kappa shape index (κ2) is 5.35. The molecule has 1 heterocycles. The van der Waals surface area contributed by atoms with Crippen LogP contribution in [0.25, 0.3) is 0 Å². The van der Waals surface area contributed by atoms with E-state index in [0.29, 0.717) is 18.6 Å². The predicted octanol–water partition coefficient (Wildman–Crippen LogP) is 0.870. The zero-order chi connectivity index (χ0) is 10.5. The van der Waals surface area contributed by atoms with E-state index < -0.39 is 0 Å². The molecule has 4 nitrogen and oxygen atoms in total. The van der Waals surface area contributed by atoms with Crippen LogP contribution in [0.15, 0.2) is 4.99 Å². The fourth-order valence-corrected chi connectivity index (χ4v) is 1.86. The van der Waals surface area contributed by atoms with Crippen LogP contribution in [-0.4, -0.2) is 31.8 Å². The molecule has 1 aliphatic heterocycles. The first-order chi connectivity index (χ1) is 7.34. The van der Waals surface area contributed by atoms with Crippen LogP contribution in [-0.2, 0) is 4.74 Å². The smallest absolute Gasteiger partial charge is 0.188 e. The van der Waals surface area contributed by atoms with Crippen molar-refractivity contribution >= 4 is 5.96 Å². The zero-order valence-corrected chi connectivity index (χ0v) is 9.24. The van der Waals surface area contributed by atoms with E-state index in [1.807, 2.05) is 0 Å². The van der Waals surface area contributed by atoms with Crippen LogP contribution in [0.4, 0.5) is 0 Å². The van der Waals surface area contributed by atoms with Crippen LogP contribution >= 0.6 is 0 Å². The maximum atomic E-state index is 5.74. The van der Waals surface area contributed by atoms with Gasteiger partial charge in [0.05, 0.1) is 12.6 Å². The van der Waals surface area contributed by atoms with Gasteiger partial charge in [-0.3, -0.25) is 4.99 Å². The van der Waals surface area contributed by atoms with Crippen molar-refractivity contribution in [2.75, 3.05) is 19.7 Å². The summed E-state index contributed by atoms with van der Waals surface area (Å²) in [4.78, 5) is 4.28. The lowest BCUT2D eigenvalue weighted by atomic mass is 10.2. The molecular formula is C11H21N3O. The molecule has 1 unspecified atom stereocenters. The average Bonchev–Trinajstić information content (AvgIpc) is 2.91. The predicted molar refractivity (Wildman–Crippen MR) is 60.8 cm³/mol. The third kappa shape index (κ3) is 4.08. The molecule has 0 aromatic carbocycles. The van der Waals surface area contributed by atoms with Crippen molar-refractivity contribution in [3.63, 3.8) is 0 Å². The van der Waals surface area contributed by atoms with E-state index in [2.05, 4.69) is 10.3 Å². The Balaban J connectivity index is 1.56.